The van der Waals surface area contributed by atoms with Crippen LogP contribution in [0.2, 0.25) is 0 Å². The zero-order chi connectivity index (χ0) is 18.4. The van der Waals surface area contributed by atoms with E-state index in [2.05, 4.69) is 0 Å². The molecular formula is C20H17F4N. The second-order valence-corrected chi connectivity index (χ2v) is 5.69. The van der Waals surface area contributed by atoms with Crippen LogP contribution in [0.3, 0.4) is 0 Å². The van der Waals surface area contributed by atoms with Gasteiger partial charge in [0.25, 0.3) is 0 Å². The summed E-state index contributed by atoms with van der Waals surface area (Å²) in [6, 6.07) is 6.06. The third-order valence-electron chi connectivity index (χ3n) is 3.91. The van der Waals surface area contributed by atoms with Crippen LogP contribution in [0.4, 0.5) is 17.6 Å². The van der Waals surface area contributed by atoms with Crippen LogP contribution < -0.4 is 0 Å². The van der Waals surface area contributed by atoms with Crippen LogP contribution >= 0.6 is 0 Å². The lowest BCUT2D eigenvalue weighted by Crippen LogP contribution is -2.02. The smallest absolute Gasteiger partial charge is 0.144 e. The van der Waals surface area contributed by atoms with Crippen molar-refractivity contribution < 1.29 is 17.6 Å². The minimum Gasteiger partial charge on any atom is -0.207 e. The first-order valence-electron chi connectivity index (χ1n) is 7.92. The van der Waals surface area contributed by atoms with Crippen molar-refractivity contribution in [1.82, 2.24) is 0 Å². The third kappa shape index (κ3) is 4.69. The predicted molar refractivity (Wildman–Crippen MR) is 88.0 cm³/mol. The molecule has 0 aromatic heterocycles. The molecule has 0 N–H and O–H groups in total. The summed E-state index contributed by atoms with van der Waals surface area (Å²) in [6.07, 6.45) is 5.04. The number of rotatable bonds is 6. The molecule has 25 heavy (non-hydrogen) atoms. The van der Waals surface area contributed by atoms with Gasteiger partial charge in [-0.15, -0.1) is 0 Å². The summed E-state index contributed by atoms with van der Waals surface area (Å²) in [4.78, 5) is 0. The van der Waals surface area contributed by atoms with Crippen molar-refractivity contribution in [2.45, 2.75) is 32.6 Å². The maximum atomic E-state index is 14.2. The predicted octanol–water partition coefficient (Wildman–Crippen LogP) is 5.41. The van der Waals surface area contributed by atoms with E-state index in [4.69, 9.17) is 5.26 Å². The molecule has 0 unspecified atom stereocenters. The summed E-state index contributed by atoms with van der Waals surface area (Å²) in [5.74, 6) is -3.27. The molecule has 0 fully saturated rings. The van der Waals surface area contributed by atoms with Crippen LogP contribution in [0, 0.1) is 34.6 Å². The number of halogens is 4. The lowest BCUT2D eigenvalue weighted by molar-refractivity contribution is 0.549. The molecule has 0 atom stereocenters. The molecule has 0 heterocycles. The summed E-state index contributed by atoms with van der Waals surface area (Å²) >= 11 is 0. The van der Waals surface area contributed by atoms with Crippen LogP contribution in [0.5, 0.6) is 0 Å². The van der Waals surface area contributed by atoms with Crippen molar-refractivity contribution in [3.8, 4) is 6.07 Å². The van der Waals surface area contributed by atoms with E-state index in [1.807, 2.05) is 19.1 Å². The van der Waals surface area contributed by atoms with Crippen LogP contribution in [-0.2, 0) is 19.3 Å². The molecule has 0 bridgehead atoms. The highest BCUT2D eigenvalue weighted by atomic mass is 19.1. The van der Waals surface area contributed by atoms with Gasteiger partial charge in [0.1, 0.15) is 34.9 Å². The van der Waals surface area contributed by atoms with Crippen LogP contribution in [0.15, 0.2) is 36.4 Å². The highest BCUT2D eigenvalue weighted by Gasteiger charge is 2.14. The number of hydrogen-bond donors (Lipinski definition) is 0. The van der Waals surface area contributed by atoms with Crippen LogP contribution in [0.25, 0.3) is 0 Å². The highest BCUT2D eigenvalue weighted by molar-refractivity contribution is 5.36. The lowest BCUT2D eigenvalue weighted by atomic mass is 9.99. The molecule has 0 aliphatic carbocycles. The normalized spacial score (nSPS) is 11.0. The Bertz CT molecular complexity index is 788. The topological polar surface area (TPSA) is 23.8 Å². The molecule has 5 heteroatoms. The molecule has 2 aromatic rings. The Morgan fingerprint density at radius 2 is 1.36 bits per heavy atom. The van der Waals surface area contributed by atoms with Crippen LogP contribution in [0.1, 0.15) is 35.6 Å². The second-order valence-electron chi connectivity index (χ2n) is 5.69. The molecular weight excluding hydrogens is 330 g/mol. The fraction of sp³-hybridized carbons (Fsp3) is 0.250. The lowest BCUT2D eigenvalue weighted by Gasteiger charge is -2.09. The molecule has 2 aromatic carbocycles. The molecule has 0 saturated carbocycles. The Balaban J connectivity index is 2.14. The highest BCUT2D eigenvalue weighted by Crippen LogP contribution is 2.21. The number of nitriles is 1. The number of allylic oxidation sites excluding steroid dienone is 2. The van der Waals surface area contributed by atoms with Gasteiger partial charge in [-0.25, -0.2) is 17.6 Å². The average molecular weight is 347 g/mol. The van der Waals surface area contributed by atoms with E-state index in [0.717, 1.165) is 12.1 Å². The average Bonchev–Trinajstić information content (AvgIpc) is 2.54. The first-order chi connectivity index (χ1) is 12.0. The first-order valence-corrected chi connectivity index (χ1v) is 7.92. The number of aryl methyl sites for hydroxylation is 2. The van der Waals surface area contributed by atoms with Gasteiger partial charge in [0.05, 0.1) is 0 Å². The van der Waals surface area contributed by atoms with Crippen molar-refractivity contribution >= 4 is 0 Å². The molecule has 0 saturated heterocycles. The Hall–Kier alpha value is -2.61. The monoisotopic (exact) mass is 347 g/mol. The Labute approximate surface area is 144 Å². The molecule has 130 valence electrons. The SMILES string of the molecule is C/C=C/CCc1cc(F)c(CCc2cc(F)c(C#N)c(F)c2)c(F)c1. The van der Waals surface area contributed by atoms with Gasteiger partial charge in [0.15, 0.2) is 0 Å². The molecule has 0 spiro atoms. The summed E-state index contributed by atoms with van der Waals surface area (Å²) in [7, 11) is 0. The first kappa shape index (κ1) is 18.7. The summed E-state index contributed by atoms with van der Waals surface area (Å²) in [5, 5.41) is 8.64. The summed E-state index contributed by atoms with van der Waals surface area (Å²) in [6.45, 7) is 1.87. The Kier molecular flexibility index (Phi) is 6.35. The van der Waals surface area contributed by atoms with Crippen molar-refractivity contribution in [2.24, 2.45) is 0 Å². The fourth-order valence-corrected chi connectivity index (χ4v) is 2.60. The fourth-order valence-electron chi connectivity index (χ4n) is 2.60. The zero-order valence-electron chi connectivity index (χ0n) is 13.8. The van der Waals surface area contributed by atoms with E-state index in [0.29, 0.717) is 18.4 Å². The maximum Gasteiger partial charge on any atom is 0.144 e. The quantitative estimate of drug-likeness (QED) is 0.506. The van der Waals surface area contributed by atoms with E-state index < -0.39 is 28.8 Å². The Morgan fingerprint density at radius 3 is 1.88 bits per heavy atom. The molecule has 0 aliphatic rings. The van der Waals surface area contributed by atoms with Gasteiger partial charge in [-0.05, 0) is 68.0 Å². The molecule has 1 nitrogen and oxygen atoms in total. The third-order valence-corrected chi connectivity index (χ3v) is 3.91. The summed E-state index contributed by atoms with van der Waals surface area (Å²) < 4.78 is 55.5. The number of hydrogen-bond acceptors (Lipinski definition) is 1. The Morgan fingerprint density at radius 1 is 0.840 bits per heavy atom. The largest absolute Gasteiger partial charge is 0.207 e. The van der Waals surface area contributed by atoms with Gasteiger partial charge < -0.3 is 0 Å². The zero-order valence-corrected chi connectivity index (χ0v) is 13.8. The van der Waals surface area contributed by atoms with E-state index in [9.17, 15) is 17.6 Å². The molecule has 0 amide bonds. The van der Waals surface area contributed by atoms with Gasteiger partial charge in [-0.3, -0.25) is 0 Å². The van der Waals surface area contributed by atoms with Crippen molar-refractivity contribution in [3.63, 3.8) is 0 Å². The molecule has 0 aliphatic heterocycles. The van der Waals surface area contributed by atoms with E-state index >= 15 is 0 Å². The van der Waals surface area contributed by atoms with Crippen molar-refractivity contribution in [2.75, 3.05) is 0 Å². The van der Waals surface area contributed by atoms with Crippen molar-refractivity contribution in [3.05, 3.63) is 81.9 Å². The maximum absolute atomic E-state index is 14.2. The molecule has 0 radical (unpaired) electrons. The standard InChI is InChI=1S/C20H17F4N/c1-2-3-4-5-13-8-17(21)15(18(22)9-13)7-6-14-10-19(23)16(12-25)20(24)11-14/h2-3,8-11H,4-7H2,1H3/b3-2+. The summed E-state index contributed by atoms with van der Waals surface area (Å²) in [5.41, 5.74) is 0.0313. The van der Waals surface area contributed by atoms with Gasteiger partial charge in [-0.1, -0.05) is 12.2 Å². The molecule has 2 rings (SSSR count). The minimum atomic E-state index is -0.974. The van der Waals surface area contributed by atoms with Gasteiger partial charge in [0.2, 0.25) is 0 Å². The number of nitrogens with zero attached hydrogens (tertiary/aromatic N) is 1. The van der Waals surface area contributed by atoms with E-state index in [1.165, 1.54) is 18.2 Å². The second kappa shape index (κ2) is 8.48. The van der Waals surface area contributed by atoms with Gasteiger partial charge in [-0.2, -0.15) is 5.26 Å². The van der Waals surface area contributed by atoms with Crippen molar-refractivity contribution in [1.29, 1.82) is 5.26 Å². The van der Waals surface area contributed by atoms with E-state index in [-0.39, 0.29) is 24.0 Å². The number of benzene rings is 2. The van der Waals surface area contributed by atoms with Crippen LogP contribution in [-0.4, -0.2) is 0 Å². The van der Waals surface area contributed by atoms with Gasteiger partial charge in [0, 0.05) is 5.56 Å². The minimum absolute atomic E-state index is 0.0302. The van der Waals surface area contributed by atoms with Gasteiger partial charge >= 0.3 is 0 Å². The van der Waals surface area contributed by atoms with E-state index in [1.54, 1.807) is 0 Å².